The van der Waals surface area contributed by atoms with E-state index in [1.807, 2.05) is 41.3 Å². The lowest BCUT2D eigenvalue weighted by atomic mass is 9.89. The van der Waals surface area contributed by atoms with Crippen molar-refractivity contribution < 1.29 is 13.2 Å². The summed E-state index contributed by atoms with van der Waals surface area (Å²) in [5, 5.41) is 5.21. The predicted molar refractivity (Wildman–Crippen MR) is 151 cm³/mol. The van der Waals surface area contributed by atoms with E-state index in [0.717, 1.165) is 23.1 Å². The van der Waals surface area contributed by atoms with Crippen LogP contribution in [0.2, 0.25) is 0 Å². The standard InChI is InChI=1S/C28H30N4O3S2/c1-2-37(34,35)31-24-19-36-27-25(29-17-20-9-5-3-6-10-20)23(18-30-26(24)27)28(33)32-15-13-22(14-16-32)21-11-7-4-8-12-21/h3-12,18-19,22,31H,2,13-17H2,1H3,(H,29,30). The van der Waals surface area contributed by atoms with Crippen molar-refractivity contribution in [2.75, 3.05) is 28.9 Å². The predicted octanol–water partition coefficient (Wildman–Crippen LogP) is 5.69. The zero-order valence-electron chi connectivity index (χ0n) is 20.7. The average Bonchev–Trinajstić information content (AvgIpc) is 3.34. The molecule has 2 N–H and O–H groups in total. The summed E-state index contributed by atoms with van der Waals surface area (Å²) in [4.78, 5) is 20.2. The van der Waals surface area contributed by atoms with Gasteiger partial charge in [-0.25, -0.2) is 8.42 Å². The molecule has 0 spiro atoms. The second-order valence-electron chi connectivity index (χ2n) is 9.20. The van der Waals surface area contributed by atoms with Gasteiger partial charge in [-0.15, -0.1) is 11.3 Å². The Morgan fingerprint density at radius 1 is 1.05 bits per heavy atom. The summed E-state index contributed by atoms with van der Waals surface area (Å²) in [6.07, 6.45) is 3.41. The summed E-state index contributed by atoms with van der Waals surface area (Å²) in [6.45, 7) is 3.49. The molecule has 0 aliphatic carbocycles. The number of rotatable bonds is 8. The Kier molecular flexibility index (Phi) is 7.43. The van der Waals surface area contributed by atoms with Gasteiger partial charge < -0.3 is 10.2 Å². The van der Waals surface area contributed by atoms with Crippen molar-refractivity contribution in [3.63, 3.8) is 0 Å². The number of nitrogens with one attached hydrogen (secondary N) is 2. The van der Waals surface area contributed by atoms with E-state index in [4.69, 9.17) is 0 Å². The van der Waals surface area contributed by atoms with Crippen LogP contribution in [0.1, 0.15) is 47.2 Å². The summed E-state index contributed by atoms with van der Waals surface area (Å²) >= 11 is 1.38. The van der Waals surface area contributed by atoms with Gasteiger partial charge in [-0.2, -0.15) is 0 Å². The molecule has 37 heavy (non-hydrogen) atoms. The number of anilines is 2. The van der Waals surface area contributed by atoms with Crippen LogP contribution < -0.4 is 10.0 Å². The Morgan fingerprint density at radius 3 is 2.41 bits per heavy atom. The van der Waals surface area contributed by atoms with Crippen molar-refractivity contribution >= 4 is 48.9 Å². The quantitative estimate of drug-likeness (QED) is 0.303. The second-order valence-corrected chi connectivity index (χ2v) is 12.1. The largest absolute Gasteiger partial charge is 0.379 e. The van der Waals surface area contributed by atoms with Gasteiger partial charge in [0.15, 0.2) is 0 Å². The summed E-state index contributed by atoms with van der Waals surface area (Å²) in [5.74, 6) is 0.368. The normalized spacial score (nSPS) is 14.6. The molecular formula is C28H30N4O3S2. The molecule has 2 aromatic carbocycles. The molecule has 0 radical (unpaired) electrons. The molecule has 5 rings (SSSR count). The first kappa shape index (κ1) is 25.2. The zero-order valence-corrected chi connectivity index (χ0v) is 22.3. The number of sulfonamides is 1. The molecule has 1 saturated heterocycles. The molecule has 1 aliphatic heterocycles. The number of fused-ring (bicyclic) bond motifs is 1. The Labute approximate surface area is 221 Å². The van der Waals surface area contributed by atoms with Crippen molar-refractivity contribution in [2.45, 2.75) is 32.2 Å². The summed E-state index contributed by atoms with van der Waals surface area (Å²) < 4.78 is 27.8. The first-order valence-electron chi connectivity index (χ1n) is 12.5. The number of piperidine rings is 1. The number of hydrogen-bond donors (Lipinski definition) is 2. The van der Waals surface area contributed by atoms with Crippen molar-refractivity contribution in [3.05, 3.63) is 88.9 Å². The van der Waals surface area contributed by atoms with Crippen LogP contribution in [0.3, 0.4) is 0 Å². The third-order valence-corrected chi connectivity index (χ3v) is 9.10. The van der Waals surface area contributed by atoms with Gasteiger partial charge in [0.05, 0.1) is 27.4 Å². The number of benzene rings is 2. The number of aromatic nitrogens is 1. The molecule has 0 atom stereocenters. The second kappa shape index (κ2) is 10.9. The molecule has 3 heterocycles. The fourth-order valence-corrected chi connectivity index (χ4v) is 6.41. The van der Waals surface area contributed by atoms with Gasteiger partial charge in [-0.3, -0.25) is 14.5 Å². The lowest BCUT2D eigenvalue weighted by Gasteiger charge is -2.32. The van der Waals surface area contributed by atoms with Crippen molar-refractivity contribution in [3.8, 4) is 0 Å². The van der Waals surface area contributed by atoms with Gasteiger partial charge in [-0.05, 0) is 36.8 Å². The molecule has 2 aromatic heterocycles. The SMILES string of the molecule is CCS(=O)(=O)Nc1csc2c(NCc3ccccc3)c(C(=O)N3CCC(c4ccccc4)CC3)cnc12. The first-order valence-corrected chi connectivity index (χ1v) is 15.0. The Bertz CT molecular complexity index is 1480. The minimum absolute atomic E-state index is 0.0288. The highest BCUT2D eigenvalue weighted by Gasteiger charge is 2.28. The number of hydrogen-bond acceptors (Lipinski definition) is 6. The molecular weight excluding hydrogens is 504 g/mol. The summed E-state index contributed by atoms with van der Waals surface area (Å²) in [6, 6.07) is 20.4. The maximum absolute atomic E-state index is 13.7. The van der Waals surface area contributed by atoms with Crippen LogP contribution in [-0.4, -0.2) is 43.1 Å². The summed E-state index contributed by atoms with van der Waals surface area (Å²) in [5.41, 5.74) is 4.58. The number of likely N-dealkylation sites (tertiary alicyclic amines) is 1. The van der Waals surface area contributed by atoms with E-state index < -0.39 is 10.0 Å². The number of amides is 1. The minimum Gasteiger partial charge on any atom is -0.379 e. The van der Waals surface area contributed by atoms with Gasteiger partial charge in [0.25, 0.3) is 5.91 Å². The topological polar surface area (TPSA) is 91.4 Å². The highest BCUT2D eigenvalue weighted by atomic mass is 32.2. The molecule has 1 fully saturated rings. The maximum Gasteiger partial charge on any atom is 0.257 e. The zero-order chi connectivity index (χ0) is 25.8. The highest BCUT2D eigenvalue weighted by Crippen LogP contribution is 2.38. The Hall–Kier alpha value is -3.43. The molecule has 9 heteroatoms. The molecule has 1 amide bonds. The molecule has 0 saturated carbocycles. The fraction of sp³-hybridized carbons (Fsp3) is 0.286. The van der Waals surface area contributed by atoms with Crippen molar-refractivity contribution in [1.82, 2.24) is 9.88 Å². The third kappa shape index (κ3) is 5.62. The van der Waals surface area contributed by atoms with Crippen LogP contribution in [0.25, 0.3) is 10.2 Å². The van der Waals surface area contributed by atoms with E-state index >= 15 is 0 Å². The van der Waals surface area contributed by atoms with E-state index in [9.17, 15) is 13.2 Å². The first-order chi connectivity index (χ1) is 17.9. The Morgan fingerprint density at radius 2 is 1.73 bits per heavy atom. The van der Waals surface area contributed by atoms with E-state index in [0.29, 0.717) is 48.0 Å². The van der Waals surface area contributed by atoms with E-state index in [2.05, 4.69) is 39.3 Å². The van der Waals surface area contributed by atoms with Crippen LogP contribution in [0, 0.1) is 0 Å². The van der Waals surface area contributed by atoms with Crippen LogP contribution in [0.5, 0.6) is 0 Å². The highest BCUT2D eigenvalue weighted by molar-refractivity contribution is 7.92. The van der Waals surface area contributed by atoms with E-state index in [-0.39, 0.29) is 11.7 Å². The van der Waals surface area contributed by atoms with E-state index in [1.54, 1.807) is 18.5 Å². The minimum atomic E-state index is -3.45. The number of thiophene rings is 1. The lowest BCUT2D eigenvalue weighted by Crippen LogP contribution is -2.38. The number of pyridine rings is 1. The molecule has 7 nitrogen and oxygen atoms in total. The van der Waals surface area contributed by atoms with Gasteiger partial charge in [-0.1, -0.05) is 60.7 Å². The van der Waals surface area contributed by atoms with Crippen LogP contribution >= 0.6 is 11.3 Å². The average molecular weight is 535 g/mol. The summed E-state index contributed by atoms with van der Waals surface area (Å²) in [7, 11) is -3.45. The van der Waals surface area contributed by atoms with Gasteiger partial charge in [0.2, 0.25) is 10.0 Å². The molecule has 1 aliphatic rings. The van der Waals surface area contributed by atoms with Gasteiger partial charge in [0, 0.05) is 31.2 Å². The number of carbonyl (C=O) groups excluding carboxylic acids is 1. The third-order valence-electron chi connectivity index (χ3n) is 6.83. The van der Waals surface area contributed by atoms with Crippen molar-refractivity contribution in [1.29, 1.82) is 0 Å². The molecule has 192 valence electrons. The maximum atomic E-state index is 13.7. The smallest absolute Gasteiger partial charge is 0.257 e. The molecule has 0 bridgehead atoms. The van der Waals surface area contributed by atoms with Crippen LogP contribution in [-0.2, 0) is 16.6 Å². The monoisotopic (exact) mass is 534 g/mol. The Balaban J connectivity index is 1.43. The molecule has 4 aromatic rings. The van der Waals surface area contributed by atoms with Gasteiger partial charge >= 0.3 is 0 Å². The van der Waals surface area contributed by atoms with Crippen LogP contribution in [0.4, 0.5) is 11.4 Å². The van der Waals surface area contributed by atoms with Crippen molar-refractivity contribution in [2.24, 2.45) is 0 Å². The van der Waals surface area contributed by atoms with Gasteiger partial charge in [0.1, 0.15) is 5.52 Å². The fourth-order valence-electron chi connectivity index (χ4n) is 4.72. The lowest BCUT2D eigenvalue weighted by molar-refractivity contribution is 0.0713. The van der Waals surface area contributed by atoms with Crippen LogP contribution in [0.15, 0.2) is 72.2 Å². The number of carbonyl (C=O) groups is 1. The van der Waals surface area contributed by atoms with E-state index in [1.165, 1.54) is 16.9 Å². The molecule has 0 unspecified atom stereocenters. The number of nitrogens with zero attached hydrogens (tertiary/aromatic N) is 2.